The maximum Gasteiger partial charge on any atom is 0.155 e. The van der Waals surface area contributed by atoms with Crippen molar-refractivity contribution in [3.05, 3.63) is 11.8 Å². The number of nitrogens with two attached hydrogens (primary N) is 1. The van der Waals surface area contributed by atoms with Gasteiger partial charge in [-0.25, -0.2) is 0 Å². The van der Waals surface area contributed by atoms with E-state index in [0.29, 0.717) is 6.54 Å². The summed E-state index contributed by atoms with van der Waals surface area (Å²) in [5.74, 6) is 1.09. The van der Waals surface area contributed by atoms with E-state index in [1.807, 2.05) is 17.9 Å². The van der Waals surface area contributed by atoms with Crippen molar-refractivity contribution in [3.63, 3.8) is 0 Å². The topological polar surface area (TPSA) is 47.1 Å². The summed E-state index contributed by atoms with van der Waals surface area (Å²) >= 11 is 0. The van der Waals surface area contributed by atoms with Crippen molar-refractivity contribution in [1.29, 1.82) is 0 Å². The van der Waals surface area contributed by atoms with E-state index in [1.165, 1.54) is 12.8 Å². The van der Waals surface area contributed by atoms with Crippen LogP contribution >= 0.6 is 0 Å². The second-order valence-corrected chi connectivity index (χ2v) is 3.55. The minimum absolute atomic E-state index is 0.583. The van der Waals surface area contributed by atoms with Crippen LogP contribution in [-0.4, -0.2) is 22.9 Å². The smallest absolute Gasteiger partial charge is 0.155 e. The summed E-state index contributed by atoms with van der Waals surface area (Å²) in [6.45, 7) is 2.84. The van der Waals surface area contributed by atoms with Gasteiger partial charge in [0.1, 0.15) is 0 Å². The minimum atomic E-state index is 0.583. The molecule has 1 fully saturated rings. The molecule has 1 saturated heterocycles. The molecule has 0 aliphatic carbocycles. The lowest BCUT2D eigenvalue weighted by Crippen LogP contribution is -2.20. The van der Waals surface area contributed by atoms with Gasteiger partial charge in [0.15, 0.2) is 5.82 Å². The standard InChI is InChI=1S/C9H16N4/c1-12-7-8(6-10)9(11-12)13-4-2-3-5-13/h7H,2-6,10H2,1H3. The molecular weight excluding hydrogens is 164 g/mol. The van der Waals surface area contributed by atoms with Crippen molar-refractivity contribution in [2.45, 2.75) is 19.4 Å². The van der Waals surface area contributed by atoms with Gasteiger partial charge in [-0.15, -0.1) is 0 Å². The molecule has 4 nitrogen and oxygen atoms in total. The Kier molecular flexibility index (Phi) is 2.22. The summed E-state index contributed by atoms with van der Waals surface area (Å²) in [6, 6.07) is 0. The van der Waals surface area contributed by atoms with E-state index < -0.39 is 0 Å². The third kappa shape index (κ3) is 1.54. The first-order valence-electron chi connectivity index (χ1n) is 4.79. The Hall–Kier alpha value is -1.03. The lowest BCUT2D eigenvalue weighted by molar-refractivity contribution is 0.755. The molecule has 0 saturated carbocycles. The van der Waals surface area contributed by atoms with Crippen molar-refractivity contribution >= 4 is 5.82 Å². The van der Waals surface area contributed by atoms with Crippen LogP contribution < -0.4 is 10.6 Å². The normalized spacial score (nSPS) is 16.9. The summed E-state index contributed by atoms with van der Waals surface area (Å²) in [4.78, 5) is 2.32. The van der Waals surface area contributed by atoms with Crippen LogP contribution in [0.3, 0.4) is 0 Å². The predicted molar refractivity (Wildman–Crippen MR) is 52.5 cm³/mol. The molecule has 1 aromatic rings. The molecule has 0 spiro atoms. The first kappa shape index (κ1) is 8.56. The average Bonchev–Trinajstić information content (AvgIpc) is 2.71. The third-order valence-electron chi connectivity index (χ3n) is 2.51. The molecule has 1 aromatic heterocycles. The van der Waals surface area contributed by atoms with E-state index in [0.717, 1.165) is 24.5 Å². The van der Waals surface area contributed by atoms with Crippen LogP contribution in [0.1, 0.15) is 18.4 Å². The molecule has 0 bridgehead atoms. The number of aromatic nitrogens is 2. The molecule has 1 aliphatic heterocycles. The van der Waals surface area contributed by atoms with Crippen LogP contribution in [-0.2, 0) is 13.6 Å². The van der Waals surface area contributed by atoms with E-state index in [1.54, 1.807) is 0 Å². The Bertz CT molecular complexity index is 286. The van der Waals surface area contributed by atoms with E-state index in [4.69, 9.17) is 5.73 Å². The van der Waals surface area contributed by atoms with Gasteiger partial charge in [-0.1, -0.05) is 0 Å². The highest BCUT2D eigenvalue weighted by Gasteiger charge is 2.17. The van der Waals surface area contributed by atoms with Gasteiger partial charge in [-0.3, -0.25) is 4.68 Å². The monoisotopic (exact) mass is 180 g/mol. The molecule has 13 heavy (non-hydrogen) atoms. The summed E-state index contributed by atoms with van der Waals surface area (Å²) < 4.78 is 1.84. The number of nitrogens with zero attached hydrogens (tertiary/aromatic N) is 3. The maximum atomic E-state index is 5.65. The summed E-state index contributed by atoms with van der Waals surface area (Å²) in [5, 5.41) is 4.43. The van der Waals surface area contributed by atoms with Crippen molar-refractivity contribution in [3.8, 4) is 0 Å². The fraction of sp³-hybridized carbons (Fsp3) is 0.667. The molecule has 4 heteroatoms. The average molecular weight is 180 g/mol. The third-order valence-corrected chi connectivity index (χ3v) is 2.51. The minimum Gasteiger partial charge on any atom is -0.355 e. The molecule has 2 rings (SSSR count). The van der Waals surface area contributed by atoms with E-state index >= 15 is 0 Å². The second-order valence-electron chi connectivity index (χ2n) is 3.55. The Labute approximate surface area is 78.3 Å². The molecule has 0 aromatic carbocycles. The molecule has 0 amide bonds. The Balaban J connectivity index is 2.26. The summed E-state index contributed by atoms with van der Waals surface area (Å²) in [7, 11) is 1.94. The zero-order valence-electron chi connectivity index (χ0n) is 8.03. The summed E-state index contributed by atoms with van der Waals surface area (Å²) in [6.07, 6.45) is 4.56. The van der Waals surface area contributed by atoms with Crippen molar-refractivity contribution in [2.75, 3.05) is 18.0 Å². The van der Waals surface area contributed by atoms with Gasteiger partial charge >= 0.3 is 0 Å². The van der Waals surface area contributed by atoms with Gasteiger partial charge in [-0.2, -0.15) is 5.10 Å². The largest absolute Gasteiger partial charge is 0.355 e. The van der Waals surface area contributed by atoms with Crippen LogP contribution in [0.2, 0.25) is 0 Å². The van der Waals surface area contributed by atoms with Crippen LogP contribution in [0.4, 0.5) is 5.82 Å². The highest BCUT2D eigenvalue weighted by atomic mass is 15.3. The SMILES string of the molecule is Cn1cc(CN)c(N2CCCC2)n1. The highest BCUT2D eigenvalue weighted by molar-refractivity contribution is 5.46. The first-order valence-corrected chi connectivity index (χ1v) is 4.79. The van der Waals surface area contributed by atoms with Gasteiger partial charge in [0.05, 0.1) is 0 Å². The number of hydrogen-bond acceptors (Lipinski definition) is 3. The molecule has 2 N–H and O–H groups in total. The number of anilines is 1. The number of rotatable bonds is 2. The molecule has 72 valence electrons. The van der Waals surface area contributed by atoms with E-state index in [2.05, 4.69) is 10.00 Å². The van der Waals surface area contributed by atoms with E-state index in [-0.39, 0.29) is 0 Å². The summed E-state index contributed by atoms with van der Waals surface area (Å²) in [5.41, 5.74) is 6.81. The molecular formula is C9H16N4. The lowest BCUT2D eigenvalue weighted by atomic mass is 10.3. The molecule has 2 heterocycles. The van der Waals surface area contributed by atoms with Crippen LogP contribution in [0, 0.1) is 0 Å². The molecule has 0 radical (unpaired) electrons. The molecule has 0 atom stereocenters. The zero-order valence-corrected chi connectivity index (χ0v) is 8.03. The Morgan fingerprint density at radius 1 is 1.46 bits per heavy atom. The fourth-order valence-electron chi connectivity index (χ4n) is 1.87. The predicted octanol–water partition coefficient (Wildman–Crippen LogP) is 0.479. The van der Waals surface area contributed by atoms with Crippen molar-refractivity contribution in [1.82, 2.24) is 9.78 Å². The molecule has 1 aliphatic rings. The van der Waals surface area contributed by atoms with Gasteiger partial charge < -0.3 is 10.6 Å². The van der Waals surface area contributed by atoms with Crippen molar-refractivity contribution in [2.24, 2.45) is 12.8 Å². The zero-order chi connectivity index (χ0) is 9.26. The van der Waals surface area contributed by atoms with Crippen LogP contribution in [0.25, 0.3) is 0 Å². The Morgan fingerprint density at radius 3 is 2.77 bits per heavy atom. The van der Waals surface area contributed by atoms with Gasteiger partial charge in [0.2, 0.25) is 0 Å². The van der Waals surface area contributed by atoms with Gasteiger partial charge in [-0.05, 0) is 12.8 Å². The number of aryl methyl sites for hydroxylation is 1. The second kappa shape index (κ2) is 3.38. The van der Waals surface area contributed by atoms with Crippen LogP contribution in [0.15, 0.2) is 6.20 Å². The van der Waals surface area contributed by atoms with Crippen LogP contribution in [0.5, 0.6) is 0 Å². The van der Waals surface area contributed by atoms with E-state index in [9.17, 15) is 0 Å². The highest BCUT2D eigenvalue weighted by Crippen LogP contribution is 2.21. The molecule has 0 unspecified atom stereocenters. The quantitative estimate of drug-likeness (QED) is 0.720. The number of hydrogen-bond donors (Lipinski definition) is 1. The fourth-order valence-corrected chi connectivity index (χ4v) is 1.87. The van der Waals surface area contributed by atoms with Gasteiger partial charge in [0, 0.05) is 38.4 Å². The lowest BCUT2D eigenvalue weighted by Gasteiger charge is -2.15. The first-order chi connectivity index (χ1) is 6.31. The van der Waals surface area contributed by atoms with Crippen molar-refractivity contribution < 1.29 is 0 Å². The Morgan fingerprint density at radius 2 is 2.15 bits per heavy atom. The maximum absolute atomic E-state index is 5.65. The van der Waals surface area contributed by atoms with Gasteiger partial charge in [0.25, 0.3) is 0 Å².